The van der Waals surface area contributed by atoms with Gasteiger partial charge in [0.2, 0.25) is 5.91 Å². The van der Waals surface area contributed by atoms with Gasteiger partial charge >= 0.3 is 5.97 Å². The number of aryl methyl sites for hydroxylation is 1. The second-order valence-electron chi connectivity index (χ2n) is 3.12. The van der Waals surface area contributed by atoms with Crippen molar-refractivity contribution in [1.82, 2.24) is 15.1 Å². The summed E-state index contributed by atoms with van der Waals surface area (Å²) in [5.74, 6) is -1.23. The normalized spacial score (nSPS) is 9.93. The highest BCUT2D eigenvalue weighted by molar-refractivity contribution is 5.80. The van der Waals surface area contributed by atoms with Crippen molar-refractivity contribution in [3.63, 3.8) is 0 Å². The molecule has 1 aromatic heterocycles. The van der Waals surface area contributed by atoms with Crippen LogP contribution in [0.25, 0.3) is 0 Å². The van der Waals surface area contributed by atoms with Gasteiger partial charge in [0, 0.05) is 19.7 Å². The summed E-state index contributed by atoms with van der Waals surface area (Å²) in [5, 5.41) is 14.9. The van der Waals surface area contributed by atoms with Crippen molar-refractivity contribution >= 4 is 11.9 Å². The Balaban J connectivity index is 2.28. The van der Waals surface area contributed by atoms with E-state index in [0.29, 0.717) is 6.54 Å². The predicted octanol–water partition coefficient (Wildman–Crippen LogP) is -0.0989. The molecule has 0 aliphatic heterocycles. The Hall–Kier alpha value is -1.85. The van der Waals surface area contributed by atoms with E-state index in [9.17, 15) is 9.59 Å². The Labute approximate surface area is 86.9 Å². The van der Waals surface area contributed by atoms with Gasteiger partial charge in [0.25, 0.3) is 0 Å². The lowest BCUT2D eigenvalue weighted by Gasteiger charge is -2.04. The average molecular weight is 211 g/mol. The molecule has 0 saturated heterocycles. The molecule has 0 saturated carbocycles. The second kappa shape index (κ2) is 5.14. The molecule has 6 heteroatoms. The summed E-state index contributed by atoms with van der Waals surface area (Å²) < 4.78 is 1.65. The number of carbonyl (C=O) groups is 2. The highest BCUT2D eigenvalue weighted by Crippen LogP contribution is 1.96. The van der Waals surface area contributed by atoms with Gasteiger partial charge in [0.1, 0.15) is 0 Å². The quantitative estimate of drug-likeness (QED) is 0.712. The zero-order chi connectivity index (χ0) is 11.3. The largest absolute Gasteiger partial charge is 0.481 e. The highest BCUT2D eigenvalue weighted by atomic mass is 16.4. The van der Waals surface area contributed by atoms with Gasteiger partial charge in [0.05, 0.1) is 18.7 Å². The average Bonchev–Trinajstić information content (AvgIpc) is 2.58. The van der Waals surface area contributed by atoms with Gasteiger partial charge in [-0.05, 0) is 6.07 Å². The van der Waals surface area contributed by atoms with E-state index in [2.05, 4.69) is 10.4 Å². The maximum Gasteiger partial charge on any atom is 0.303 e. The zero-order valence-electron chi connectivity index (χ0n) is 8.43. The molecule has 1 heterocycles. The molecule has 1 amide bonds. The number of carboxylic acid groups (broad SMARTS) is 1. The van der Waals surface area contributed by atoms with Crippen molar-refractivity contribution in [1.29, 1.82) is 0 Å². The van der Waals surface area contributed by atoms with Crippen LogP contribution in [0.5, 0.6) is 0 Å². The summed E-state index contributed by atoms with van der Waals surface area (Å²) in [4.78, 5) is 21.3. The minimum Gasteiger partial charge on any atom is -0.481 e. The fourth-order valence-corrected chi connectivity index (χ4v) is 1.07. The summed E-state index contributed by atoms with van der Waals surface area (Å²) >= 11 is 0. The third-order valence-corrected chi connectivity index (χ3v) is 1.96. The molecule has 0 spiro atoms. The Morgan fingerprint density at radius 2 is 2.27 bits per heavy atom. The number of carboxylic acids is 1. The number of amides is 1. The standard InChI is InChI=1S/C9H13N3O3/c1-12-7(4-5-11-12)6-10-8(13)2-3-9(14)15/h4-5H,2-3,6H2,1H3,(H,10,13)(H,14,15). The number of aliphatic carboxylic acids is 1. The van der Waals surface area contributed by atoms with Crippen LogP contribution < -0.4 is 5.32 Å². The molecule has 0 aliphatic rings. The number of aromatic nitrogens is 2. The summed E-state index contributed by atoms with van der Waals surface area (Å²) in [6, 6.07) is 1.79. The predicted molar refractivity (Wildman–Crippen MR) is 51.9 cm³/mol. The van der Waals surface area contributed by atoms with Gasteiger partial charge in [-0.3, -0.25) is 14.3 Å². The van der Waals surface area contributed by atoms with Crippen LogP contribution in [-0.4, -0.2) is 26.8 Å². The molecule has 0 radical (unpaired) electrons. The van der Waals surface area contributed by atoms with Crippen LogP contribution in [0.1, 0.15) is 18.5 Å². The molecule has 82 valence electrons. The monoisotopic (exact) mass is 211 g/mol. The maximum absolute atomic E-state index is 11.1. The van der Waals surface area contributed by atoms with Crippen molar-refractivity contribution < 1.29 is 14.7 Å². The fourth-order valence-electron chi connectivity index (χ4n) is 1.07. The SMILES string of the molecule is Cn1nccc1CNC(=O)CCC(=O)O. The minimum absolute atomic E-state index is 0.00713. The first kappa shape index (κ1) is 11.2. The maximum atomic E-state index is 11.1. The summed E-state index contributed by atoms with van der Waals surface area (Å²) in [5.41, 5.74) is 0.874. The number of carbonyl (C=O) groups excluding carboxylic acids is 1. The van der Waals surface area contributed by atoms with Crippen molar-refractivity contribution in [2.45, 2.75) is 19.4 Å². The molecule has 2 N–H and O–H groups in total. The number of hydrogen-bond acceptors (Lipinski definition) is 3. The second-order valence-corrected chi connectivity index (χ2v) is 3.12. The topological polar surface area (TPSA) is 84.2 Å². The molecule has 0 aromatic carbocycles. The van der Waals surface area contributed by atoms with E-state index in [4.69, 9.17) is 5.11 Å². The van der Waals surface area contributed by atoms with Gasteiger partial charge in [-0.2, -0.15) is 5.10 Å². The summed E-state index contributed by atoms with van der Waals surface area (Å²) in [6.07, 6.45) is 1.50. The van der Waals surface area contributed by atoms with Gasteiger partial charge in [-0.25, -0.2) is 0 Å². The molecule has 1 rings (SSSR count). The van der Waals surface area contributed by atoms with Crippen LogP contribution in [0, 0.1) is 0 Å². The lowest BCUT2D eigenvalue weighted by Crippen LogP contribution is -2.24. The van der Waals surface area contributed by atoms with Gasteiger partial charge in [-0.15, -0.1) is 0 Å². The summed E-state index contributed by atoms with van der Waals surface area (Å²) in [7, 11) is 1.78. The van der Waals surface area contributed by atoms with Gasteiger partial charge in [-0.1, -0.05) is 0 Å². The van der Waals surface area contributed by atoms with Crippen molar-refractivity contribution in [3.05, 3.63) is 18.0 Å². The van der Waals surface area contributed by atoms with Crippen LogP contribution in [0.2, 0.25) is 0 Å². The van der Waals surface area contributed by atoms with Crippen molar-refractivity contribution in [2.75, 3.05) is 0 Å². The zero-order valence-corrected chi connectivity index (χ0v) is 8.43. The molecular formula is C9H13N3O3. The molecule has 0 aliphatic carbocycles. The van der Waals surface area contributed by atoms with E-state index in [1.807, 2.05) is 0 Å². The molecular weight excluding hydrogens is 198 g/mol. The van der Waals surface area contributed by atoms with E-state index in [1.165, 1.54) is 0 Å². The molecule has 0 atom stereocenters. The van der Waals surface area contributed by atoms with Gasteiger partial charge in [0.15, 0.2) is 0 Å². The Morgan fingerprint density at radius 1 is 1.53 bits per heavy atom. The Kier molecular flexibility index (Phi) is 3.84. The first-order valence-electron chi connectivity index (χ1n) is 4.55. The minimum atomic E-state index is -0.967. The number of nitrogens with zero attached hydrogens (tertiary/aromatic N) is 2. The van der Waals surface area contributed by atoms with Crippen LogP contribution in [0.4, 0.5) is 0 Å². The fraction of sp³-hybridized carbons (Fsp3) is 0.444. The smallest absolute Gasteiger partial charge is 0.303 e. The van der Waals surface area contributed by atoms with Gasteiger partial charge < -0.3 is 10.4 Å². The van der Waals surface area contributed by atoms with Crippen molar-refractivity contribution in [3.8, 4) is 0 Å². The highest BCUT2D eigenvalue weighted by Gasteiger charge is 2.05. The van der Waals surface area contributed by atoms with E-state index in [1.54, 1.807) is 24.0 Å². The lowest BCUT2D eigenvalue weighted by molar-refractivity contribution is -0.138. The third kappa shape index (κ3) is 3.80. The molecule has 6 nitrogen and oxygen atoms in total. The number of hydrogen-bond donors (Lipinski definition) is 2. The number of nitrogens with one attached hydrogen (secondary N) is 1. The summed E-state index contributed by atoms with van der Waals surface area (Å²) in [6.45, 7) is 0.370. The molecule has 15 heavy (non-hydrogen) atoms. The Morgan fingerprint density at radius 3 is 2.80 bits per heavy atom. The number of rotatable bonds is 5. The van der Waals surface area contributed by atoms with E-state index in [0.717, 1.165) is 5.69 Å². The molecule has 0 bridgehead atoms. The van der Waals surface area contributed by atoms with Crippen molar-refractivity contribution in [2.24, 2.45) is 7.05 Å². The van der Waals surface area contributed by atoms with E-state index < -0.39 is 5.97 Å². The Bertz CT molecular complexity index is 359. The van der Waals surface area contributed by atoms with Crippen LogP contribution in [-0.2, 0) is 23.2 Å². The van der Waals surface area contributed by atoms with Crippen LogP contribution in [0.15, 0.2) is 12.3 Å². The van der Waals surface area contributed by atoms with Crippen LogP contribution in [0.3, 0.4) is 0 Å². The lowest BCUT2D eigenvalue weighted by atomic mass is 10.3. The molecule has 0 fully saturated rings. The first-order chi connectivity index (χ1) is 7.09. The molecule has 1 aromatic rings. The third-order valence-electron chi connectivity index (χ3n) is 1.96. The van der Waals surface area contributed by atoms with E-state index in [-0.39, 0.29) is 18.7 Å². The first-order valence-corrected chi connectivity index (χ1v) is 4.55. The van der Waals surface area contributed by atoms with Crippen LogP contribution >= 0.6 is 0 Å². The van der Waals surface area contributed by atoms with E-state index >= 15 is 0 Å². The molecule has 0 unspecified atom stereocenters.